The summed E-state index contributed by atoms with van der Waals surface area (Å²) in [4.78, 5) is 27.7. The largest absolute Gasteiger partial charge is 0.482 e. The van der Waals surface area contributed by atoms with Gasteiger partial charge < -0.3 is 15.0 Å². The summed E-state index contributed by atoms with van der Waals surface area (Å²) in [6.45, 7) is 1.80. The summed E-state index contributed by atoms with van der Waals surface area (Å²) in [6.07, 6.45) is 5.41. The minimum atomic E-state index is -0.646. The predicted octanol–water partition coefficient (Wildman–Crippen LogP) is 6.00. The molecule has 1 aliphatic rings. The Morgan fingerprint density at radius 3 is 2.59 bits per heavy atom. The lowest BCUT2D eigenvalue weighted by molar-refractivity contribution is -0.142. The SMILES string of the molecule is C[C@H](C(=O)NC1CCCCC1)N(Cc1cccc(Br)c1)C(=O)COc1ccc(Cl)cc1Cl. The first kappa shape index (κ1) is 24.9. The zero-order valence-electron chi connectivity index (χ0n) is 18.0. The number of amides is 2. The summed E-state index contributed by atoms with van der Waals surface area (Å²) in [5.74, 6) is -0.0850. The van der Waals surface area contributed by atoms with Crippen LogP contribution in [0.25, 0.3) is 0 Å². The second-order valence-electron chi connectivity index (χ2n) is 8.03. The molecule has 1 N–H and O–H groups in total. The first-order valence-electron chi connectivity index (χ1n) is 10.8. The highest BCUT2D eigenvalue weighted by atomic mass is 79.9. The van der Waals surface area contributed by atoms with Crippen LogP contribution < -0.4 is 10.1 Å². The van der Waals surface area contributed by atoms with Crippen molar-refractivity contribution in [3.63, 3.8) is 0 Å². The molecule has 2 aromatic rings. The van der Waals surface area contributed by atoms with Gasteiger partial charge in [0.15, 0.2) is 6.61 Å². The van der Waals surface area contributed by atoms with Crippen molar-refractivity contribution in [2.45, 2.75) is 57.7 Å². The Bertz CT molecular complexity index is 951. The molecule has 0 aromatic heterocycles. The topological polar surface area (TPSA) is 58.6 Å². The Morgan fingerprint density at radius 2 is 1.91 bits per heavy atom. The van der Waals surface area contributed by atoms with Gasteiger partial charge in [-0.2, -0.15) is 0 Å². The zero-order chi connectivity index (χ0) is 23.1. The number of halogens is 3. The van der Waals surface area contributed by atoms with Gasteiger partial charge in [-0.3, -0.25) is 9.59 Å². The molecule has 8 heteroatoms. The molecule has 32 heavy (non-hydrogen) atoms. The van der Waals surface area contributed by atoms with E-state index in [2.05, 4.69) is 21.2 Å². The average molecular weight is 542 g/mol. The van der Waals surface area contributed by atoms with Crippen molar-refractivity contribution < 1.29 is 14.3 Å². The maximum Gasteiger partial charge on any atom is 0.261 e. The second-order valence-corrected chi connectivity index (χ2v) is 9.79. The van der Waals surface area contributed by atoms with Crippen LogP contribution in [0.3, 0.4) is 0 Å². The Balaban J connectivity index is 1.72. The molecular weight excluding hydrogens is 515 g/mol. The molecule has 0 aliphatic heterocycles. The molecule has 1 saturated carbocycles. The van der Waals surface area contributed by atoms with E-state index >= 15 is 0 Å². The van der Waals surface area contributed by atoms with Gasteiger partial charge in [0, 0.05) is 22.1 Å². The fourth-order valence-electron chi connectivity index (χ4n) is 3.80. The molecule has 1 atom stereocenters. The quantitative estimate of drug-likeness (QED) is 0.445. The van der Waals surface area contributed by atoms with E-state index in [0.29, 0.717) is 15.8 Å². The lowest BCUT2D eigenvalue weighted by Gasteiger charge is -2.31. The number of carbonyl (C=O) groups is 2. The first-order chi connectivity index (χ1) is 15.3. The number of carbonyl (C=O) groups excluding carboxylic acids is 2. The Morgan fingerprint density at radius 1 is 1.16 bits per heavy atom. The summed E-state index contributed by atoms with van der Waals surface area (Å²) in [6, 6.07) is 12.0. The van der Waals surface area contributed by atoms with Crippen LogP contribution in [0.4, 0.5) is 0 Å². The second kappa shape index (κ2) is 11.9. The van der Waals surface area contributed by atoms with Crippen LogP contribution in [0, 0.1) is 0 Å². The maximum atomic E-state index is 13.2. The van der Waals surface area contributed by atoms with E-state index in [1.54, 1.807) is 30.0 Å². The molecule has 0 bridgehead atoms. The number of nitrogens with zero attached hydrogens (tertiary/aromatic N) is 1. The van der Waals surface area contributed by atoms with Crippen LogP contribution in [0.1, 0.15) is 44.6 Å². The number of hydrogen-bond donors (Lipinski definition) is 1. The molecule has 0 unspecified atom stereocenters. The van der Waals surface area contributed by atoms with Gasteiger partial charge in [-0.25, -0.2) is 0 Å². The van der Waals surface area contributed by atoms with Crippen molar-refractivity contribution >= 4 is 50.9 Å². The number of benzene rings is 2. The normalized spacial score (nSPS) is 15.1. The number of nitrogens with one attached hydrogen (secondary N) is 1. The molecule has 1 aliphatic carbocycles. The Labute approximate surface area is 207 Å². The third-order valence-electron chi connectivity index (χ3n) is 5.61. The molecule has 0 saturated heterocycles. The van der Waals surface area contributed by atoms with Gasteiger partial charge in [0.25, 0.3) is 5.91 Å². The van der Waals surface area contributed by atoms with Crippen molar-refractivity contribution in [2.24, 2.45) is 0 Å². The van der Waals surface area contributed by atoms with Crippen LogP contribution in [0.2, 0.25) is 10.0 Å². The summed E-state index contributed by atoms with van der Waals surface area (Å²) in [7, 11) is 0. The van der Waals surface area contributed by atoms with E-state index < -0.39 is 6.04 Å². The van der Waals surface area contributed by atoms with E-state index in [1.165, 1.54) is 6.42 Å². The van der Waals surface area contributed by atoms with E-state index in [-0.39, 0.29) is 31.0 Å². The lowest BCUT2D eigenvalue weighted by atomic mass is 9.95. The Hall–Kier alpha value is -1.76. The molecule has 5 nitrogen and oxygen atoms in total. The van der Waals surface area contributed by atoms with E-state index in [1.807, 2.05) is 24.3 Å². The predicted molar refractivity (Wildman–Crippen MR) is 131 cm³/mol. The van der Waals surface area contributed by atoms with Gasteiger partial charge in [-0.1, -0.05) is 70.5 Å². The van der Waals surface area contributed by atoms with Crippen molar-refractivity contribution in [3.05, 3.63) is 62.5 Å². The molecule has 3 rings (SSSR count). The highest BCUT2D eigenvalue weighted by molar-refractivity contribution is 9.10. The van der Waals surface area contributed by atoms with Gasteiger partial charge in [0.05, 0.1) is 5.02 Å². The fraction of sp³-hybridized carbons (Fsp3) is 0.417. The molecule has 1 fully saturated rings. The zero-order valence-corrected chi connectivity index (χ0v) is 21.0. The summed E-state index contributed by atoms with van der Waals surface area (Å²) >= 11 is 15.5. The smallest absolute Gasteiger partial charge is 0.261 e. The number of ether oxygens (including phenoxy) is 1. The fourth-order valence-corrected chi connectivity index (χ4v) is 4.71. The van der Waals surface area contributed by atoms with Crippen molar-refractivity contribution in [1.29, 1.82) is 0 Å². The molecule has 2 amide bonds. The Kier molecular flexibility index (Phi) is 9.26. The standard InChI is InChI=1S/C24H27BrCl2N2O3/c1-16(24(31)28-20-8-3-2-4-9-20)29(14-17-6-5-7-18(25)12-17)23(30)15-32-22-11-10-19(26)13-21(22)27/h5-7,10-13,16,20H,2-4,8-9,14-15H2,1H3,(H,28,31)/t16-/m1/s1. The summed E-state index contributed by atoms with van der Waals surface area (Å²) < 4.78 is 6.56. The first-order valence-corrected chi connectivity index (χ1v) is 12.3. The van der Waals surface area contributed by atoms with Gasteiger partial charge in [0.1, 0.15) is 11.8 Å². The minimum absolute atomic E-state index is 0.148. The maximum absolute atomic E-state index is 13.2. The molecule has 0 radical (unpaired) electrons. The van der Waals surface area contributed by atoms with Crippen LogP contribution >= 0.6 is 39.1 Å². The van der Waals surface area contributed by atoms with E-state index in [9.17, 15) is 9.59 Å². The highest BCUT2D eigenvalue weighted by Gasteiger charge is 2.28. The third kappa shape index (κ3) is 7.12. The monoisotopic (exact) mass is 540 g/mol. The summed E-state index contributed by atoms with van der Waals surface area (Å²) in [5, 5.41) is 3.93. The minimum Gasteiger partial charge on any atom is -0.482 e. The van der Waals surface area contributed by atoms with Crippen molar-refractivity contribution in [1.82, 2.24) is 10.2 Å². The molecule has 172 valence electrons. The van der Waals surface area contributed by atoms with Crippen molar-refractivity contribution in [3.8, 4) is 5.75 Å². The number of hydrogen-bond acceptors (Lipinski definition) is 3. The molecule has 2 aromatic carbocycles. The molecule has 0 heterocycles. The number of rotatable bonds is 8. The van der Waals surface area contributed by atoms with Crippen LogP contribution in [-0.2, 0) is 16.1 Å². The van der Waals surface area contributed by atoms with Crippen LogP contribution in [0.5, 0.6) is 5.75 Å². The van der Waals surface area contributed by atoms with E-state index in [4.69, 9.17) is 27.9 Å². The van der Waals surface area contributed by atoms with E-state index in [0.717, 1.165) is 35.7 Å². The molecule has 0 spiro atoms. The van der Waals surface area contributed by atoms with Gasteiger partial charge in [0.2, 0.25) is 5.91 Å². The van der Waals surface area contributed by atoms with Gasteiger partial charge >= 0.3 is 0 Å². The highest BCUT2D eigenvalue weighted by Crippen LogP contribution is 2.27. The summed E-state index contributed by atoms with van der Waals surface area (Å²) in [5.41, 5.74) is 0.912. The molecular formula is C24H27BrCl2N2O3. The van der Waals surface area contributed by atoms with Gasteiger partial charge in [-0.15, -0.1) is 0 Å². The average Bonchev–Trinajstić information content (AvgIpc) is 2.77. The van der Waals surface area contributed by atoms with Gasteiger partial charge in [-0.05, 0) is 55.7 Å². The van der Waals surface area contributed by atoms with Crippen molar-refractivity contribution in [2.75, 3.05) is 6.61 Å². The van der Waals surface area contributed by atoms with Crippen LogP contribution in [-0.4, -0.2) is 35.4 Å². The lowest BCUT2D eigenvalue weighted by Crippen LogP contribution is -2.51. The van der Waals surface area contributed by atoms with Crippen LogP contribution in [0.15, 0.2) is 46.9 Å². The third-order valence-corrected chi connectivity index (χ3v) is 6.63.